The second-order valence-electron chi connectivity index (χ2n) is 4.18. The van der Waals surface area contributed by atoms with Gasteiger partial charge in [0.1, 0.15) is 4.90 Å². The van der Waals surface area contributed by atoms with Crippen LogP contribution in [0.4, 0.5) is 5.69 Å². The van der Waals surface area contributed by atoms with Gasteiger partial charge in [0.25, 0.3) is 0 Å². The molecule has 0 saturated heterocycles. The van der Waals surface area contributed by atoms with Gasteiger partial charge < -0.3 is 10.2 Å². The summed E-state index contributed by atoms with van der Waals surface area (Å²) in [4.78, 5) is 6.04. The van der Waals surface area contributed by atoms with Crippen LogP contribution in [0.25, 0.3) is 0 Å². The summed E-state index contributed by atoms with van der Waals surface area (Å²) in [7, 11) is 2.09. The number of aromatic nitrogens is 1. The predicted octanol–water partition coefficient (Wildman–Crippen LogP) is 0.353. The molecule has 1 aromatic rings. The van der Waals surface area contributed by atoms with Gasteiger partial charge in [0.15, 0.2) is 0 Å². The van der Waals surface area contributed by atoms with Gasteiger partial charge in [0, 0.05) is 26.0 Å². The van der Waals surface area contributed by atoms with E-state index in [1.807, 2.05) is 19.0 Å². The molecule has 0 radical (unpaired) electrons. The van der Waals surface area contributed by atoms with Gasteiger partial charge >= 0.3 is 0 Å². The van der Waals surface area contributed by atoms with Crippen molar-refractivity contribution in [1.29, 1.82) is 0 Å². The molecule has 1 aromatic heterocycles. The number of nitrogens with zero attached hydrogens (tertiary/aromatic N) is 2. The number of hydrogen-bond donors (Lipinski definition) is 2. The molecule has 0 bridgehead atoms. The van der Waals surface area contributed by atoms with Crippen molar-refractivity contribution >= 4 is 15.7 Å². The molecule has 18 heavy (non-hydrogen) atoms. The predicted molar refractivity (Wildman–Crippen MR) is 72.1 cm³/mol. The second-order valence-corrected chi connectivity index (χ2v) is 5.91. The van der Waals surface area contributed by atoms with E-state index in [2.05, 4.69) is 15.0 Å². The van der Waals surface area contributed by atoms with Crippen LogP contribution >= 0.6 is 0 Å². The third kappa shape index (κ3) is 4.25. The summed E-state index contributed by atoms with van der Waals surface area (Å²) in [6, 6.07) is 1.63. The van der Waals surface area contributed by atoms with Crippen LogP contribution in [0.15, 0.2) is 23.4 Å². The Morgan fingerprint density at radius 1 is 1.39 bits per heavy atom. The van der Waals surface area contributed by atoms with Crippen LogP contribution in [-0.4, -0.2) is 52.5 Å². The molecule has 1 rings (SSSR count). The second kappa shape index (κ2) is 6.67. The van der Waals surface area contributed by atoms with Gasteiger partial charge in [-0.05, 0) is 33.1 Å². The number of sulfonamides is 1. The molecule has 0 aromatic carbocycles. The Morgan fingerprint density at radius 2 is 2.11 bits per heavy atom. The van der Waals surface area contributed by atoms with Crippen molar-refractivity contribution in [2.24, 2.45) is 0 Å². The average Bonchev–Trinajstić information content (AvgIpc) is 2.34. The number of pyridine rings is 1. The van der Waals surface area contributed by atoms with Crippen molar-refractivity contribution in [1.82, 2.24) is 14.6 Å². The zero-order valence-electron chi connectivity index (χ0n) is 11.0. The largest absolute Gasteiger partial charge is 0.387 e. The maximum atomic E-state index is 12.1. The highest BCUT2D eigenvalue weighted by Gasteiger charge is 2.17. The molecule has 6 nitrogen and oxygen atoms in total. The summed E-state index contributed by atoms with van der Waals surface area (Å²) in [5, 5.41) is 2.84. The van der Waals surface area contributed by atoms with Crippen molar-refractivity contribution in [3.05, 3.63) is 18.5 Å². The van der Waals surface area contributed by atoms with Gasteiger partial charge in [-0.25, -0.2) is 13.1 Å². The van der Waals surface area contributed by atoms with Crippen molar-refractivity contribution in [2.45, 2.75) is 11.3 Å². The summed E-state index contributed by atoms with van der Waals surface area (Å²) in [5.74, 6) is 0. The molecule has 0 saturated carbocycles. The molecule has 0 aliphatic rings. The lowest BCUT2D eigenvalue weighted by molar-refractivity contribution is 0.400. The van der Waals surface area contributed by atoms with Crippen LogP contribution in [0.1, 0.15) is 6.42 Å². The standard InChI is InChI=1S/C11H20N4O2S/c1-12-10-5-7-13-9-11(10)18(16,17)14-6-4-8-15(2)3/h5,7,9,14H,4,6,8H2,1-3H3,(H,12,13). The summed E-state index contributed by atoms with van der Waals surface area (Å²) >= 11 is 0. The van der Waals surface area contributed by atoms with Crippen LogP contribution in [0.2, 0.25) is 0 Å². The van der Waals surface area contributed by atoms with E-state index in [1.165, 1.54) is 6.20 Å². The van der Waals surface area contributed by atoms with Crippen molar-refractivity contribution in [3.8, 4) is 0 Å². The van der Waals surface area contributed by atoms with Gasteiger partial charge in [-0.1, -0.05) is 0 Å². The van der Waals surface area contributed by atoms with Gasteiger partial charge in [-0.15, -0.1) is 0 Å². The Balaban J connectivity index is 2.68. The lowest BCUT2D eigenvalue weighted by atomic mass is 10.4. The molecule has 0 amide bonds. The van der Waals surface area contributed by atoms with Crippen molar-refractivity contribution in [2.75, 3.05) is 39.5 Å². The Kier molecular flexibility index (Phi) is 5.52. The molecule has 1 heterocycles. The molecule has 0 spiro atoms. The normalized spacial score (nSPS) is 11.8. The Morgan fingerprint density at radius 3 is 2.72 bits per heavy atom. The fraction of sp³-hybridized carbons (Fsp3) is 0.545. The lowest BCUT2D eigenvalue weighted by Gasteiger charge is -2.12. The van der Waals surface area contributed by atoms with Crippen LogP contribution in [0.3, 0.4) is 0 Å². The van der Waals surface area contributed by atoms with E-state index in [0.717, 1.165) is 13.0 Å². The first-order valence-electron chi connectivity index (χ1n) is 5.73. The molecule has 0 aliphatic carbocycles. The highest BCUT2D eigenvalue weighted by Crippen LogP contribution is 2.18. The lowest BCUT2D eigenvalue weighted by Crippen LogP contribution is -2.28. The van der Waals surface area contributed by atoms with Gasteiger partial charge in [0.05, 0.1) is 5.69 Å². The highest BCUT2D eigenvalue weighted by molar-refractivity contribution is 7.89. The van der Waals surface area contributed by atoms with E-state index < -0.39 is 10.0 Å². The van der Waals surface area contributed by atoms with E-state index in [0.29, 0.717) is 12.2 Å². The molecule has 102 valence electrons. The molecular formula is C11H20N4O2S. The third-order valence-electron chi connectivity index (χ3n) is 2.42. The number of hydrogen-bond acceptors (Lipinski definition) is 5. The van der Waals surface area contributed by atoms with E-state index >= 15 is 0 Å². The van der Waals surface area contributed by atoms with E-state index in [4.69, 9.17) is 0 Å². The van der Waals surface area contributed by atoms with E-state index in [-0.39, 0.29) is 4.90 Å². The zero-order chi connectivity index (χ0) is 13.6. The monoisotopic (exact) mass is 272 g/mol. The highest BCUT2D eigenvalue weighted by atomic mass is 32.2. The maximum Gasteiger partial charge on any atom is 0.244 e. The molecule has 0 aliphatic heterocycles. The number of rotatable bonds is 7. The van der Waals surface area contributed by atoms with Gasteiger partial charge in [-0.3, -0.25) is 4.98 Å². The number of nitrogens with one attached hydrogen (secondary N) is 2. The molecule has 0 unspecified atom stereocenters. The first-order valence-corrected chi connectivity index (χ1v) is 7.22. The fourth-order valence-corrected chi connectivity index (χ4v) is 2.71. The summed E-state index contributed by atoms with van der Waals surface area (Å²) < 4.78 is 26.7. The number of anilines is 1. The molecule has 2 N–H and O–H groups in total. The summed E-state index contributed by atoms with van der Waals surface area (Å²) in [6.45, 7) is 1.26. The first kappa shape index (κ1) is 14.9. The Hall–Kier alpha value is -1.18. The van der Waals surface area contributed by atoms with Gasteiger partial charge in [0.2, 0.25) is 10.0 Å². The summed E-state index contributed by atoms with van der Waals surface area (Å²) in [6.07, 6.45) is 3.67. The van der Waals surface area contributed by atoms with Crippen LogP contribution in [0, 0.1) is 0 Å². The van der Waals surface area contributed by atoms with E-state index in [1.54, 1.807) is 19.3 Å². The molecule has 7 heteroatoms. The minimum absolute atomic E-state index is 0.178. The van der Waals surface area contributed by atoms with Crippen molar-refractivity contribution < 1.29 is 8.42 Å². The van der Waals surface area contributed by atoms with Crippen molar-refractivity contribution in [3.63, 3.8) is 0 Å². The minimum Gasteiger partial charge on any atom is -0.387 e. The van der Waals surface area contributed by atoms with Gasteiger partial charge in [-0.2, -0.15) is 0 Å². The van der Waals surface area contributed by atoms with Crippen LogP contribution in [-0.2, 0) is 10.0 Å². The average molecular weight is 272 g/mol. The topological polar surface area (TPSA) is 74.3 Å². The molecule has 0 fully saturated rings. The third-order valence-corrected chi connectivity index (χ3v) is 3.91. The van der Waals surface area contributed by atoms with E-state index in [9.17, 15) is 8.42 Å². The maximum absolute atomic E-state index is 12.1. The van der Waals surface area contributed by atoms with Crippen LogP contribution in [0.5, 0.6) is 0 Å². The molecule has 0 atom stereocenters. The smallest absolute Gasteiger partial charge is 0.244 e. The first-order chi connectivity index (χ1) is 8.47. The van der Waals surface area contributed by atoms with Crippen LogP contribution < -0.4 is 10.0 Å². The Bertz CT molecular complexity index is 474. The zero-order valence-corrected chi connectivity index (χ0v) is 11.8. The quantitative estimate of drug-likeness (QED) is 0.701. The minimum atomic E-state index is -3.49. The Labute approximate surface area is 108 Å². The SMILES string of the molecule is CNc1ccncc1S(=O)(=O)NCCCN(C)C. The molecular weight excluding hydrogens is 252 g/mol. The summed E-state index contributed by atoms with van der Waals surface area (Å²) in [5.41, 5.74) is 0.546. The fourth-order valence-electron chi connectivity index (χ4n) is 1.48.